The van der Waals surface area contributed by atoms with E-state index in [0.29, 0.717) is 11.1 Å². The van der Waals surface area contributed by atoms with Crippen LogP contribution >= 0.6 is 0 Å². The van der Waals surface area contributed by atoms with Gasteiger partial charge < -0.3 is 0 Å². The smallest absolute Gasteiger partial charge is 0.236 e. The van der Waals surface area contributed by atoms with Crippen LogP contribution in [0, 0.1) is 17.1 Å². The predicted octanol–water partition coefficient (Wildman–Crippen LogP) is 2.64. The maximum atomic E-state index is 12.8. The summed E-state index contributed by atoms with van der Waals surface area (Å²) in [6.45, 7) is 0. The summed E-state index contributed by atoms with van der Waals surface area (Å²) in [6, 6.07) is 13.4. The molecule has 0 aliphatic rings. The van der Waals surface area contributed by atoms with Crippen molar-refractivity contribution in [1.29, 1.82) is 5.26 Å². The zero-order valence-corrected chi connectivity index (χ0v) is 11.2. The Hall–Kier alpha value is -2.39. The summed E-state index contributed by atoms with van der Waals surface area (Å²) in [4.78, 5) is 0. The van der Waals surface area contributed by atoms with E-state index in [0.717, 1.165) is 0 Å². The van der Waals surface area contributed by atoms with Gasteiger partial charge in [0.25, 0.3) is 0 Å². The first-order chi connectivity index (χ1) is 9.50. The molecule has 0 unspecified atom stereocenters. The quantitative estimate of drug-likeness (QED) is 0.941. The van der Waals surface area contributed by atoms with Crippen LogP contribution in [0.5, 0.6) is 0 Å². The molecule has 2 rings (SSSR count). The molecule has 0 fully saturated rings. The molecule has 0 saturated heterocycles. The predicted molar refractivity (Wildman–Crippen MR) is 73.8 cm³/mol. The van der Waals surface area contributed by atoms with Gasteiger partial charge in [0.05, 0.1) is 17.4 Å². The molecular formula is C14H11FN2O2S. The van der Waals surface area contributed by atoms with Gasteiger partial charge >= 0.3 is 0 Å². The molecule has 20 heavy (non-hydrogen) atoms. The number of hydrogen-bond donors (Lipinski definition) is 1. The van der Waals surface area contributed by atoms with Crippen molar-refractivity contribution in [3.05, 3.63) is 65.5 Å². The highest BCUT2D eigenvalue weighted by atomic mass is 32.2. The van der Waals surface area contributed by atoms with Crippen LogP contribution in [0.15, 0.2) is 48.5 Å². The molecule has 0 aliphatic heterocycles. The Morgan fingerprint density at radius 2 is 1.75 bits per heavy atom. The summed E-state index contributed by atoms with van der Waals surface area (Å²) in [5, 5.41) is 8.93. The highest BCUT2D eigenvalue weighted by molar-refractivity contribution is 7.91. The van der Waals surface area contributed by atoms with Gasteiger partial charge in [0, 0.05) is 5.69 Å². The van der Waals surface area contributed by atoms with Crippen molar-refractivity contribution in [2.24, 2.45) is 0 Å². The number of rotatable bonds is 4. The van der Waals surface area contributed by atoms with Crippen molar-refractivity contribution < 1.29 is 12.8 Å². The highest BCUT2D eigenvalue weighted by Gasteiger charge is 2.14. The van der Waals surface area contributed by atoms with Crippen LogP contribution in [0.1, 0.15) is 11.1 Å². The Labute approximate surface area is 116 Å². The van der Waals surface area contributed by atoms with E-state index in [9.17, 15) is 12.8 Å². The standard InChI is InChI=1S/C14H11FN2O2S/c15-13-5-7-14(8-6-13)17-20(18,19)10-12-4-2-1-3-11(12)9-16/h1-8,17H,10H2. The first-order valence-electron chi connectivity index (χ1n) is 5.74. The fraction of sp³-hybridized carbons (Fsp3) is 0.0714. The summed E-state index contributed by atoms with van der Waals surface area (Å²) < 4.78 is 39.1. The molecule has 0 atom stereocenters. The molecule has 0 aromatic heterocycles. The number of nitriles is 1. The van der Waals surface area contributed by atoms with Crippen LogP contribution in [0.25, 0.3) is 0 Å². The second-order valence-electron chi connectivity index (χ2n) is 4.14. The molecule has 0 radical (unpaired) electrons. The molecule has 1 N–H and O–H groups in total. The Kier molecular flexibility index (Phi) is 4.01. The lowest BCUT2D eigenvalue weighted by Gasteiger charge is -2.09. The van der Waals surface area contributed by atoms with Gasteiger partial charge in [-0.25, -0.2) is 12.8 Å². The van der Waals surface area contributed by atoms with Gasteiger partial charge in [-0.1, -0.05) is 18.2 Å². The minimum absolute atomic E-state index is 0.279. The topological polar surface area (TPSA) is 70.0 Å². The average molecular weight is 290 g/mol. The maximum absolute atomic E-state index is 12.8. The zero-order chi connectivity index (χ0) is 14.6. The van der Waals surface area contributed by atoms with E-state index in [1.807, 2.05) is 6.07 Å². The monoisotopic (exact) mass is 290 g/mol. The summed E-state index contributed by atoms with van der Waals surface area (Å²) in [6.07, 6.45) is 0. The lowest BCUT2D eigenvalue weighted by Crippen LogP contribution is -2.15. The van der Waals surface area contributed by atoms with Gasteiger partial charge in [-0.2, -0.15) is 5.26 Å². The molecule has 102 valence electrons. The summed E-state index contributed by atoms with van der Waals surface area (Å²) in [7, 11) is -3.66. The van der Waals surface area contributed by atoms with Gasteiger partial charge in [0.2, 0.25) is 10.0 Å². The van der Waals surface area contributed by atoms with Crippen molar-refractivity contribution >= 4 is 15.7 Å². The SMILES string of the molecule is N#Cc1ccccc1CS(=O)(=O)Nc1ccc(F)cc1. The Balaban J connectivity index is 2.19. The maximum Gasteiger partial charge on any atom is 0.236 e. The molecular weight excluding hydrogens is 279 g/mol. The van der Waals surface area contributed by atoms with Crippen molar-refractivity contribution in [3.8, 4) is 6.07 Å². The van der Waals surface area contributed by atoms with Crippen LogP contribution in [0.2, 0.25) is 0 Å². The van der Waals surface area contributed by atoms with E-state index in [-0.39, 0.29) is 11.4 Å². The normalized spacial score (nSPS) is 10.8. The second-order valence-corrected chi connectivity index (χ2v) is 5.86. The van der Waals surface area contributed by atoms with Crippen molar-refractivity contribution in [2.75, 3.05) is 4.72 Å². The number of halogens is 1. The van der Waals surface area contributed by atoms with Crippen LogP contribution in [0.3, 0.4) is 0 Å². The van der Waals surface area contributed by atoms with E-state index < -0.39 is 15.8 Å². The van der Waals surface area contributed by atoms with E-state index in [1.54, 1.807) is 24.3 Å². The molecule has 2 aromatic rings. The minimum Gasteiger partial charge on any atom is -0.283 e. The van der Waals surface area contributed by atoms with Gasteiger partial charge in [-0.05, 0) is 35.9 Å². The molecule has 0 bridgehead atoms. The average Bonchev–Trinajstić information content (AvgIpc) is 2.41. The van der Waals surface area contributed by atoms with Crippen LogP contribution < -0.4 is 4.72 Å². The lowest BCUT2D eigenvalue weighted by atomic mass is 10.1. The first kappa shape index (κ1) is 14.0. The van der Waals surface area contributed by atoms with Crippen LogP contribution in [-0.4, -0.2) is 8.42 Å². The molecule has 0 heterocycles. The van der Waals surface area contributed by atoms with Crippen molar-refractivity contribution in [2.45, 2.75) is 5.75 Å². The number of nitrogens with zero attached hydrogens (tertiary/aromatic N) is 1. The number of nitrogens with one attached hydrogen (secondary N) is 1. The summed E-state index contributed by atoms with van der Waals surface area (Å²) >= 11 is 0. The Morgan fingerprint density at radius 3 is 2.40 bits per heavy atom. The molecule has 6 heteroatoms. The van der Waals surface area contributed by atoms with Gasteiger partial charge in [-0.3, -0.25) is 4.72 Å². The lowest BCUT2D eigenvalue weighted by molar-refractivity contribution is 0.600. The molecule has 0 saturated carbocycles. The van der Waals surface area contributed by atoms with E-state index >= 15 is 0 Å². The highest BCUT2D eigenvalue weighted by Crippen LogP contribution is 2.15. The van der Waals surface area contributed by atoms with Gasteiger partial charge in [0.1, 0.15) is 5.82 Å². The third kappa shape index (κ3) is 3.56. The molecule has 0 spiro atoms. The minimum atomic E-state index is -3.66. The fourth-order valence-corrected chi connectivity index (χ4v) is 2.92. The number of benzene rings is 2. The third-order valence-electron chi connectivity index (χ3n) is 2.60. The molecule has 0 amide bonds. The number of sulfonamides is 1. The van der Waals surface area contributed by atoms with Crippen molar-refractivity contribution in [3.63, 3.8) is 0 Å². The van der Waals surface area contributed by atoms with Crippen LogP contribution in [0.4, 0.5) is 10.1 Å². The van der Waals surface area contributed by atoms with Crippen LogP contribution in [-0.2, 0) is 15.8 Å². The number of anilines is 1. The largest absolute Gasteiger partial charge is 0.283 e. The van der Waals surface area contributed by atoms with Gasteiger partial charge in [0.15, 0.2) is 0 Å². The molecule has 4 nitrogen and oxygen atoms in total. The number of hydrogen-bond acceptors (Lipinski definition) is 3. The van der Waals surface area contributed by atoms with Crippen molar-refractivity contribution in [1.82, 2.24) is 0 Å². The molecule has 0 aliphatic carbocycles. The third-order valence-corrected chi connectivity index (χ3v) is 3.84. The van der Waals surface area contributed by atoms with E-state index in [4.69, 9.17) is 5.26 Å². The van der Waals surface area contributed by atoms with E-state index in [2.05, 4.69) is 4.72 Å². The summed E-state index contributed by atoms with van der Waals surface area (Å²) in [5.41, 5.74) is 1.02. The fourth-order valence-electron chi connectivity index (χ4n) is 1.69. The Morgan fingerprint density at radius 1 is 1.10 bits per heavy atom. The Bertz CT molecular complexity index is 749. The zero-order valence-electron chi connectivity index (χ0n) is 10.4. The van der Waals surface area contributed by atoms with E-state index in [1.165, 1.54) is 24.3 Å². The molecule has 2 aromatic carbocycles. The first-order valence-corrected chi connectivity index (χ1v) is 7.39. The second kappa shape index (κ2) is 5.72. The summed E-state index contributed by atoms with van der Waals surface area (Å²) in [5.74, 6) is -0.753. The van der Waals surface area contributed by atoms with Gasteiger partial charge in [-0.15, -0.1) is 0 Å².